The van der Waals surface area contributed by atoms with Gasteiger partial charge in [-0.1, -0.05) is 6.07 Å². The van der Waals surface area contributed by atoms with Gasteiger partial charge in [0.15, 0.2) is 0 Å². The topological polar surface area (TPSA) is 31.4 Å². The lowest BCUT2D eigenvalue weighted by molar-refractivity contribution is 0.400. The molecule has 0 amide bonds. The largest absolute Gasteiger partial charge is 0.496 e. The number of benzene rings is 1. The van der Waals surface area contributed by atoms with E-state index >= 15 is 0 Å². The molecular formula is C13H15NO2S. The van der Waals surface area contributed by atoms with E-state index in [4.69, 9.17) is 9.47 Å². The van der Waals surface area contributed by atoms with Gasteiger partial charge in [0.2, 0.25) is 5.88 Å². The standard InChI is InChI=1S/C13H15NO2S/c1-8-5-9(2)12(10(6-8)15-3)13-14-11(16-4)7-17-13/h5-7H,1-4H3. The molecule has 0 bridgehead atoms. The number of aromatic nitrogens is 1. The van der Waals surface area contributed by atoms with Crippen LogP contribution in [0.25, 0.3) is 10.6 Å². The summed E-state index contributed by atoms with van der Waals surface area (Å²) < 4.78 is 10.5. The van der Waals surface area contributed by atoms with Crippen molar-refractivity contribution in [3.63, 3.8) is 0 Å². The fourth-order valence-corrected chi connectivity index (χ4v) is 2.71. The second kappa shape index (κ2) is 4.75. The third-order valence-electron chi connectivity index (χ3n) is 2.57. The molecule has 0 radical (unpaired) electrons. The van der Waals surface area contributed by atoms with Crippen molar-refractivity contribution in [1.29, 1.82) is 0 Å². The molecular weight excluding hydrogens is 234 g/mol. The Balaban J connectivity index is 2.57. The van der Waals surface area contributed by atoms with Crippen LogP contribution in [0.5, 0.6) is 11.6 Å². The number of aryl methyl sites for hydroxylation is 2. The molecule has 3 nitrogen and oxygen atoms in total. The third-order valence-corrected chi connectivity index (χ3v) is 3.41. The molecule has 0 aliphatic carbocycles. The van der Waals surface area contributed by atoms with Crippen molar-refractivity contribution in [1.82, 2.24) is 4.98 Å². The van der Waals surface area contributed by atoms with Crippen molar-refractivity contribution in [2.75, 3.05) is 14.2 Å². The van der Waals surface area contributed by atoms with E-state index in [1.54, 1.807) is 25.6 Å². The molecule has 0 saturated heterocycles. The molecule has 1 aromatic heterocycles. The van der Waals surface area contributed by atoms with Gasteiger partial charge in [0.1, 0.15) is 10.8 Å². The van der Waals surface area contributed by atoms with Gasteiger partial charge in [-0.3, -0.25) is 0 Å². The lowest BCUT2D eigenvalue weighted by atomic mass is 10.0. The smallest absolute Gasteiger partial charge is 0.224 e. The van der Waals surface area contributed by atoms with Gasteiger partial charge in [-0.05, 0) is 31.0 Å². The average Bonchev–Trinajstić information content (AvgIpc) is 2.76. The molecule has 0 aliphatic heterocycles. The Morgan fingerprint density at radius 2 is 1.88 bits per heavy atom. The first-order valence-electron chi connectivity index (χ1n) is 5.31. The van der Waals surface area contributed by atoms with Crippen molar-refractivity contribution in [2.24, 2.45) is 0 Å². The first kappa shape index (κ1) is 11.9. The minimum Gasteiger partial charge on any atom is -0.496 e. The van der Waals surface area contributed by atoms with Gasteiger partial charge in [0.25, 0.3) is 0 Å². The van der Waals surface area contributed by atoms with Gasteiger partial charge in [0.05, 0.1) is 25.2 Å². The molecule has 0 atom stereocenters. The molecule has 17 heavy (non-hydrogen) atoms. The van der Waals surface area contributed by atoms with E-state index in [1.807, 2.05) is 11.4 Å². The van der Waals surface area contributed by atoms with Crippen molar-refractivity contribution in [3.8, 4) is 22.2 Å². The fraction of sp³-hybridized carbons (Fsp3) is 0.308. The zero-order valence-corrected chi connectivity index (χ0v) is 11.2. The van der Waals surface area contributed by atoms with Gasteiger partial charge in [0, 0.05) is 0 Å². The van der Waals surface area contributed by atoms with Crippen LogP contribution in [-0.4, -0.2) is 19.2 Å². The average molecular weight is 249 g/mol. The summed E-state index contributed by atoms with van der Waals surface area (Å²) in [6, 6.07) is 4.15. The Morgan fingerprint density at radius 1 is 1.12 bits per heavy atom. The minimum atomic E-state index is 0.645. The Hall–Kier alpha value is -1.55. The van der Waals surface area contributed by atoms with E-state index in [-0.39, 0.29) is 0 Å². The fourth-order valence-electron chi connectivity index (χ4n) is 1.83. The summed E-state index contributed by atoms with van der Waals surface area (Å²) in [5.74, 6) is 1.51. The third kappa shape index (κ3) is 2.26. The second-order valence-electron chi connectivity index (χ2n) is 3.85. The Morgan fingerprint density at radius 3 is 2.47 bits per heavy atom. The molecule has 1 heterocycles. The Kier molecular flexibility index (Phi) is 3.33. The maximum atomic E-state index is 5.43. The van der Waals surface area contributed by atoms with Gasteiger partial charge in [-0.25, -0.2) is 4.98 Å². The van der Waals surface area contributed by atoms with Gasteiger partial charge < -0.3 is 9.47 Å². The van der Waals surface area contributed by atoms with Crippen molar-refractivity contribution in [2.45, 2.75) is 13.8 Å². The summed E-state index contributed by atoms with van der Waals surface area (Å²) >= 11 is 1.56. The predicted octanol–water partition coefficient (Wildman–Crippen LogP) is 3.44. The van der Waals surface area contributed by atoms with E-state index in [0.717, 1.165) is 16.3 Å². The van der Waals surface area contributed by atoms with Crippen LogP contribution in [0, 0.1) is 13.8 Å². The van der Waals surface area contributed by atoms with Gasteiger partial charge in [-0.2, -0.15) is 0 Å². The van der Waals surface area contributed by atoms with Crippen LogP contribution in [0.15, 0.2) is 17.5 Å². The van der Waals surface area contributed by atoms with Gasteiger partial charge >= 0.3 is 0 Å². The van der Waals surface area contributed by atoms with E-state index in [2.05, 4.69) is 24.9 Å². The zero-order valence-electron chi connectivity index (χ0n) is 10.4. The quantitative estimate of drug-likeness (QED) is 0.835. The molecule has 2 aromatic rings. The summed E-state index contributed by atoms with van der Waals surface area (Å²) in [5, 5.41) is 2.82. The highest BCUT2D eigenvalue weighted by atomic mass is 32.1. The molecule has 0 unspecified atom stereocenters. The Bertz CT molecular complexity index is 534. The van der Waals surface area contributed by atoms with Crippen molar-refractivity contribution >= 4 is 11.3 Å². The summed E-state index contributed by atoms with van der Waals surface area (Å²) in [7, 11) is 3.31. The first-order chi connectivity index (χ1) is 8.15. The monoisotopic (exact) mass is 249 g/mol. The van der Waals surface area contributed by atoms with Gasteiger partial charge in [-0.15, -0.1) is 11.3 Å². The highest BCUT2D eigenvalue weighted by Gasteiger charge is 2.14. The number of hydrogen-bond acceptors (Lipinski definition) is 4. The maximum absolute atomic E-state index is 5.43. The molecule has 1 aromatic carbocycles. The summed E-state index contributed by atoms with van der Waals surface area (Å²) in [6.45, 7) is 4.13. The second-order valence-corrected chi connectivity index (χ2v) is 4.71. The zero-order chi connectivity index (χ0) is 12.4. The molecule has 0 saturated carbocycles. The highest BCUT2D eigenvalue weighted by Crippen LogP contribution is 2.37. The van der Waals surface area contributed by atoms with Crippen molar-refractivity contribution in [3.05, 3.63) is 28.6 Å². The lowest BCUT2D eigenvalue weighted by Gasteiger charge is -2.10. The first-order valence-corrected chi connectivity index (χ1v) is 6.18. The van der Waals surface area contributed by atoms with E-state index < -0.39 is 0 Å². The van der Waals surface area contributed by atoms with Crippen LogP contribution in [-0.2, 0) is 0 Å². The summed E-state index contributed by atoms with van der Waals surface area (Å²) in [5.41, 5.74) is 3.40. The molecule has 0 fully saturated rings. The molecule has 2 rings (SSSR count). The predicted molar refractivity (Wildman–Crippen MR) is 70.1 cm³/mol. The molecule has 90 valence electrons. The van der Waals surface area contributed by atoms with Crippen molar-refractivity contribution < 1.29 is 9.47 Å². The number of methoxy groups -OCH3 is 2. The van der Waals surface area contributed by atoms with Crippen LogP contribution in [0.1, 0.15) is 11.1 Å². The normalized spacial score (nSPS) is 10.4. The van der Waals surface area contributed by atoms with E-state index in [0.29, 0.717) is 5.88 Å². The number of thiazole rings is 1. The van der Waals surface area contributed by atoms with E-state index in [9.17, 15) is 0 Å². The highest BCUT2D eigenvalue weighted by molar-refractivity contribution is 7.13. The molecule has 0 aliphatic rings. The van der Waals surface area contributed by atoms with Crippen LogP contribution in [0.2, 0.25) is 0 Å². The van der Waals surface area contributed by atoms with Crippen LogP contribution >= 0.6 is 11.3 Å². The van der Waals surface area contributed by atoms with E-state index in [1.165, 1.54) is 11.1 Å². The molecule has 4 heteroatoms. The SMILES string of the molecule is COc1csc(-c2c(C)cc(C)cc2OC)n1. The number of ether oxygens (including phenoxy) is 2. The summed E-state index contributed by atoms with van der Waals surface area (Å²) in [4.78, 5) is 4.41. The minimum absolute atomic E-state index is 0.645. The number of nitrogens with zero attached hydrogens (tertiary/aromatic N) is 1. The summed E-state index contributed by atoms with van der Waals surface area (Å²) in [6.07, 6.45) is 0. The molecule has 0 N–H and O–H groups in total. The number of rotatable bonds is 3. The lowest BCUT2D eigenvalue weighted by Crippen LogP contribution is -1.92. The van der Waals surface area contributed by atoms with Crippen LogP contribution < -0.4 is 9.47 Å². The molecule has 0 spiro atoms. The maximum Gasteiger partial charge on any atom is 0.224 e. The van der Waals surface area contributed by atoms with Crippen LogP contribution in [0.4, 0.5) is 0 Å². The number of hydrogen-bond donors (Lipinski definition) is 0. The van der Waals surface area contributed by atoms with Crippen LogP contribution in [0.3, 0.4) is 0 Å². The Labute approximate surface area is 105 Å².